The number of benzene rings is 1. The van der Waals surface area contributed by atoms with E-state index in [9.17, 15) is 19.1 Å². The maximum atomic E-state index is 14.7. The van der Waals surface area contributed by atoms with Gasteiger partial charge in [-0.25, -0.2) is 9.18 Å². The molecule has 1 aromatic carbocycles. The fourth-order valence-electron chi connectivity index (χ4n) is 3.93. The minimum Gasteiger partial charge on any atom is -0.477 e. The average molecular weight is 345 g/mol. The number of halogens is 1. The summed E-state index contributed by atoms with van der Waals surface area (Å²) < 4.78 is 16.6. The first kappa shape index (κ1) is 16.1. The SMILES string of the molecule is CN1CCN(c2cc3c(cc2F)c(=O)c(C(=O)O)c2n3CCC2)CC1. The first-order valence-electron chi connectivity index (χ1n) is 8.53. The molecule has 4 rings (SSSR count). The molecule has 7 heteroatoms. The molecule has 1 aromatic heterocycles. The molecule has 2 aromatic rings. The van der Waals surface area contributed by atoms with Gasteiger partial charge >= 0.3 is 5.97 Å². The standard InChI is InChI=1S/C18H20FN3O3/c1-20-5-7-21(8-6-20)15-10-14-11(9-12(15)19)17(23)16(18(24)25)13-3-2-4-22(13)14/h9-10H,2-8H2,1H3,(H,24,25). The van der Waals surface area contributed by atoms with Gasteiger partial charge < -0.3 is 19.5 Å². The molecule has 3 heterocycles. The van der Waals surface area contributed by atoms with Gasteiger partial charge in [0.05, 0.1) is 11.2 Å². The molecule has 2 aliphatic rings. The summed E-state index contributed by atoms with van der Waals surface area (Å²) >= 11 is 0. The molecule has 0 spiro atoms. The highest BCUT2D eigenvalue weighted by Crippen LogP contribution is 2.29. The number of anilines is 1. The van der Waals surface area contributed by atoms with Crippen molar-refractivity contribution in [2.24, 2.45) is 0 Å². The van der Waals surface area contributed by atoms with Crippen molar-refractivity contribution < 1.29 is 14.3 Å². The van der Waals surface area contributed by atoms with Gasteiger partial charge in [0.1, 0.15) is 11.4 Å². The van der Waals surface area contributed by atoms with Crippen LogP contribution in [0.1, 0.15) is 22.5 Å². The first-order chi connectivity index (χ1) is 12.0. The van der Waals surface area contributed by atoms with Gasteiger partial charge in [-0.05, 0) is 32.0 Å². The number of aryl methyl sites for hydroxylation is 1. The highest BCUT2D eigenvalue weighted by molar-refractivity contribution is 5.95. The lowest BCUT2D eigenvalue weighted by molar-refractivity contribution is 0.0694. The highest BCUT2D eigenvalue weighted by Gasteiger charge is 2.27. The number of nitrogens with zero attached hydrogens (tertiary/aromatic N) is 3. The summed E-state index contributed by atoms with van der Waals surface area (Å²) in [5.41, 5.74) is 0.889. The molecule has 132 valence electrons. The molecule has 1 fully saturated rings. The van der Waals surface area contributed by atoms with E-state index in [1.54, 1.807) is 6.07 Å². The van der Waals surface area contributed by atoms with Crippen LogP contribution >= 0.6 is 0 Å². The van der Waals surface area contributed by atoms with Gasteiger partial charge in [0.2, 0.25) is 5.43 Å². The smallest absolute Gasteiger partial charge is 0.341 e. The highest BCUT2D eigenvalue weighted by atomic mass is 19.1. The van der Waals surface area contributed by atoms with E-state index >= 15 is 0 Å². The molecule has 25 heavy (non-hydrogen) atoms. The number of piperazine rings is 1. The first-order valence-corrected chi connectivity index (χ1v) is 8.53. The van der Waals surface area contributed by atoms with E-state index in [0.29, 0.717) is 29.9 Å². The molecule has 0 atom stereocenters. The quantitative estimate of drug-likeness (QED) is 0.894. The number of hydrogen-bond donors (Lipinski definition) is 1. The van der Waals surface area contributed by atoms with Crippen molar-refractivity contribution in [2.75, 3.05) is 38.1 Å². The van der Waals surface area contributed by atoms with Crippen molar-refractivity contribution in [2.45, 2.75) is 19.4 Å². The monoisotopic (exact) mass is 345 g/mol. The Morgan fingerprint density at radius 1 is 1.16 bits per heavy atom. The van der Waals surface area contributed by atoms with Crippen LogP contribution in [0.4, 0.5) is 10.1 Å². The third-order valence-electron chi connectivity index (χ3n) is 5.30. The molecule has 1 N–H and O–H groups in total. The summed E-state index contributed by atoms with van der Waals surface area (Å²) in [4.78, 5) is 28.4. The number of hydrogen-bond acceptors (Lipinski definition) is 4. The van der Waals surface area contributed by atoms with Crippen LogP contribution < -0.4 is 10.3 Å². The van der Waals surface area contributed by atoms with Crippen LogP contribution in [0.15, 0.2) is 16.9 Å². The predicted octanol–water partition coefficient (Wildman–Crippen LogP) is 1.54. The van der Waals surface area contributed by atoms with Crippen LogP contribution in [0.5, 0.6) is 0 Å². The minimum atomic E-state index is -1.24. The second kappa shape index (κ2) is 5.84. The molecule has 0 unspecified atom stereocenters. The number of aromatic nitrogens is 1. The van der Waals surface area contributed by atoms with Gasteiger partial charge in [0.15, 0.2) is 0 Å². The number of fused-ring (bicyclic) bond motifs is 3. The van der Waals surface area contributed by atoms with Crippen LogP contribution in [0.3, 0.4) is 0 Å². The molecule has 1 saturated heterocycles. The van der Waals surface area contributed by atoms with Crippen LogP contribution in [0, 0.1) is 5.82 Å². The van der Waals surface area contributed by atoms with Crippen molar-refractivity contribution in [1.82, 2.24) is 9.47 Å². The molecular weight excluding hydrogens is 325 g/mol. The third kappa shape index (κ3) is 2.50. The second-order valence-corrected chi connectivity index (χ2v) is 6.82. The number of carbonyl (C=O) groups is 1. The largest absolute Gasteiger partial charge is 0.477 e. The van der Waals surface area contributed by atoms with E-state index in [4.69, 9.17) is 0 Å². The van der Waals surface area contributed by atoms with Crippen LogP contribution in [0.2, 0.25) is 0 Å². The predicted molar refractivity (Wildman–Crippen MR) is 93.2 cm³/mol. The molecule has 6 nitrogen and oxygen atoms in total. The van der Waals surface area contributed by atoms with Gasteiger partial charge in [0.25, 0.3) is 0 Å². The summed E-state index contributed by atoms with van der Waals surface area (Å²) in [6.07, 6.45) is 1.36. The van der Waals surface area contributed by atoms with E-state index in [0.717, 1.165) is 32.6 Å². The minimum absolute atomic E-state index is 0.151. The van der Waals surface area contributed by atoms with Gasteiger partial charge in [-0.1, -0.05) is 0 Å². The summed E-state index contributed by atoms with van der Waals surface area (Å²) in [5, 5.41) is 9.57. The van der Waals surface area contributed by atoms with E-state index in [1.165, 1.54) is 6.07 Å². The van der Waals surface area contributed by atoms with Gasteiger partial charge in [-0.3, -0.25) is 4.79 Å². The summed E-state index contributed by atoms with van der Waals surface area (Å²) in [5.74, 6) is -1.70. The van der Waals surface area contributed by atoms with Gasteiger partial charge in [0, 0.05) is 43.8 Å². The van der Waals surface area contributed by atoms with Gasteiger partial charge in [-0.2, -0.15) is 0 Å². The number of rotatable bonds is 2. The Labute approximate surface area is 144 Å². The summed E-state index contributed by atoms with van der Waals surface area (Å²) in [6.45, 7) is 3.81. The van der Waals surface area contributed by atoms with Crippen molar-refractivity contribution in [3.8, 4) is 0 Å². The number of aromatic carboxylic acids is 1. The molecule has 0 radical (unpaired) electrons. The van der Waals surface area contributed by atoms with E-state index in [2.05, 4.69) is 4.90 Å². The molecule has 0 aliphatic carbocycles. The van der Waals surface area contributed by atoms with E-state index < -0.39 is 17.2 Å². The Kier molecular flexibility index (Phi) is 3.76. The van der Waals surface area contributed by atoms with E-state index in [-0.39, 0.29) is 10.9 Å². The van der Waals surface area contributed by atoms with Crippen LogP contribution in [-0.2, 0) is 13.0 Å². The van der Waals surface area contributed by atoms with Crippen molar-refractivity contribution in [3.63, 3.8) is 0 Å². The molecule has 2 aliphatic heterocycles. The third-order valence-corrected chi connectivity index (χ3v) is 5.30. The fourth-order valence-corrected chi connectivity index (χ4v) is 3.93. The summed E-state index contributed by atoms with van der Waals surface area (Å²) in [7, 11) is 2.04. The molecule has 0 saturated carbocycles. The number of likely N-dealkylation sites (N-methyl/N-ethyl adjacent to an activating group) is 1. The van der Waals surface area contributed by atoms with Crippen molar-refractivity contribution >= 4 is 22.6 Å². The fraction of sp³-hybridized carbons (Fsp3) is 0.444. The van der Waals surface area contributed by atoms with Crippen LogP contribution in [-0.4, -0.2) is 53.8 Å². The normalized spacial score (nSPS) is 17.9. The number of carboxylic acids is 1. The lowest BCUT2D eigenvalue weighted by Gasteiger charge is -2.34. The van der Waals surface area contributed by atoms with Crippen molar-refractivity contribution in [3.05, 3.63) is 39.4 Å². The molecule has 0 bridgehead atoms. The Balaban J connectivity index is 1.93. The zero-order chi connectivity index (χ0) is 17.7. The van der Waals surface area contributed by atoms with E-state index in [1.807, 2.05) is 16.5 Å². The lowest BCUT2D eigenvalue weighted by Crippen LogP contribution is -2.44. The Hall–Kier alpha value is -2.41. The van der Waals surface area contributed by atoms with Crippen molar-refractivity contribution in [1.29, 1.82) is 0 Å². The number of carboxylic acid groups (broad SMARTS) is 1. The number of pyridine rings is 1. The maximum Gasteiger partial charge on any atom is 0.341 e. The Bertz CT molecular complexity index is 930. The average Bonchev–Trinajstić information content (AvgIpc) is 3.04. The van der Waals surface area contributed by atoms with Crippen LogP contribution in [0.25, 0.3) is 10.9 Å². The topological polar surface area (TPSA) is 65.8 Å². The zero-order valence-corrected chi connectivity index (χ0v) is 14.1. The Morgan fingerprint density at radius 2 is 1.88 bits per heavy atom. The summed E-state index contributed by atoms with van der Waals surface area (Å²) in [6, 6.07) is 2.93. The zero-order valence-electron chi connectivity index (χ0n) is 14.1. The maximum absolute atomic E-state index is 14.7. The lowest BCUT2D eigenvalue weighted by atomic mass is 10.1. The molecular formula is C18H20FN3O3. The van der Waals surface area contributed by atoms with Gasteiger partial charge in [-0.15, -0.1) is 0 Å². The Morgan fingerprint density at radius 3 is 2.56 bits per heavy atom. The second-order valence-electron chi connectivity index (χ2n) is 6.82. The molecule has 0 amide bonds.